The van der Waals surface area contributed by atoms with Crippen LogP contribution in [0.3, 0.4) is 0 Å². The van der Waals surface area contributed by atoms with E-state index in [1.54, 1.807) is 44.2 Å². The summed E-state index contributed by atoms with van der Waals surface area (Å²) in [6.07, 6.45) is -0.385. The Bertz CT molecular complexity index is 1440. The second-order valence-electron chi connectivity index (χ2n) is 9.14. The monoisotopic (exact) mass is 528 g/mol. The van der Waals surface area contributed by atoms with Crippen LogP contribution in [0.25, 0.3) is 33.8 Å². The predicted molar refractivity (Wildman–Crippen MR) is 132 cm³/mol. The van der Waals surface area contributed by atoms with Crippen molar-refractivity contribution in [3.8, 4) is 28.7 Å². The van der Waals surface area contributed by atoms with Gasteiger partial charge < -0.3 is 33.6 Å². The van der Waals surface area contributed by atoms with Crippen molar-refractivity contribution in [2.24, 2.45) is 0 Å². The lowest BCUT2D eigenvalue weighted by Crippen LogP contribution is -2.58. The van der Waals surface area contributed by atoms with Gasteiger partial charge in [0.05, 0.1) is 19.8 Å². The van der Waals surface area contributed by atoms with E-state index in [9.17, 15) is 9.90 Å². The molecule has 1 fully saturated rings. The summed E-state index contributed by atoms with van der Waals surface area (Å²) in [5.41, 5.74) is 0.615. The normalized spacial score (nSPS) is 16.5. The molecule has 3 aromatic heterocycles. The van der Waals surface area contributed by atoms with Crippen LogP contribution in [0.5, 0.6) is 5.88 Å². The minimum atomic E-state index is -1.22. The van der Waals surface area contributed by atoms with Crippen LogP contribution >= 0.6 is 11.6 Å². The summed E-state index contributed by atoms with van der Waals surface area (Å²) in [6, 6.07) is 10.4. The van der Waals surface area contributed by atoms with E-state index in [0.717, 1.165) is 11.8 Å². The lowest BCUT2D eigenvalue weighted by atomic mass is 9.96. The third-order valence-corrected chi connectivity index (χ3v) is 6.02. The Morgan fingerprint density at radius 1 is 1.14 bits per heavy atom. The third-order valence-electron chi connectivity index (χ3n) is 5.82. The molecule has 194 valence electrons. The molecule has 0 spiro atoms. The van der Waals surface area contributed by atoms with E-state index in [2.05, 4.69) is 20.4 Å². The number of rotatable bonds is 7. The third kappa shape index (κ3) is 5.24. The van der Waals surface area contributed by atoms with Crippen molar-refractivity contribution in [2.45, 2.75) is 38.5 Å². The summed E-state index contributed by atoms with van der Waals surface area (Å²) in [6.45, 7) is 6.13. The zero-order chi connectivity index (χ0) is 26.2. The summed E-state index contributed by atoms with van der Waals surface area (Å²) in [7, 11) is 0. The number of pyridine rings is 1. The van der Waals surface area contributed by atoms with Crippen LogP contribution in [-0.4, -0.2) is 51.9 Å². The van der Waals surface area contributed by atoms with Crippen molar-refractivity contribution in [3.05, 3.63) is 47.3 Å². The molecule has 37 heavy (non-hydrogen) atoms. The molecule has 1 aliphatic rings. The molecule has 1 aromatic carbocycles. The van der Waals surface area contributed by atoms with Gasteiger partial charge >= 0.3 is 6.09 Å². The van der Waals surface area contributed by atoms with Crippen LogP contribution in [0.2, 0.25) is 5.15 Å². The minimum Gasteiger partial charge on any atom is -0.478 e. The maximum atomic E-state index is 11.6. The van der Waals surface area contributed by atoms with Gasteiger partial charge in [-0.3, -0.25) is 0 Å². The first-order chi connectivity index (χ1) is 17.7. The average Bonchev–Trinajstić information content (AvgIpc) is 3.51. The van der Waals surface area contributed by atoms with Gasteiger partial charge in [0.2, 0.25) is 11.7 Å². The van der Waals surface area contributed by atoms with Crippen LogP contribution in [0.15, 0.2) is 45.3 Å². The van der Waals surface area contributed by atoms with Gasteiger partial charge in [-0.25, -0.2) is 9.78 Å². The van der Waals surface area contributed by atoms with Crippen molar-refractivity contribution < 1.29 is 33.1 Å². The fourth-order valence-electron chi connectivity index (χ4n) is 3.91. The fourth-order valence-corrected chi connectivity index (χ4v) is 4.11. The highest BCUT2D eigenvalue weighted by Crippen LogP contribution is 2.36. The van der Waals surface area contributed by atoms with E-state index in [1.165, 1.54) is 0 Å². The molecule has 12 heteroatoms. The molecule has 0 saturated carbocycles. The fraction of sp³-hybridized carbons (Fsp3) is 0.360. The van der Waals surface area contributed by atoms with E-state index in [0.29, 0.717) is 40.8 Å². The quantitative estimate of drug-likeness (QED) is 0.306. The van der Waals surface area contributed by atoms with Gasteiger partial charge in [0, 0.05) is 22.6 Å². The van der Waals surface area contributed by atoms with E-state index >= 15 is 0 Å². The molecule has 0 unspecified atom stereocenters. The average molecular weight is 529 g/mol. The van der Waals surface area contributed by atoms with Gasteiger partial charge in [-0.05, 0) is 50.6 Å². The molecule has 5 rings (SSSR count). The summed E-state index contributed by atoms with van der Waals surface area (Å²) in [5, 5.41) is 17.0. The van der Waals surface area contributed by atoms with Crippen LogP contribution in [-0.2, 0) is 15.0 Å². The number of hydrogen-bond donors (Lipinski definition) is 2. The number of furan rings is 1. The molecule has 1 saturated heterocycles. The molecular formula is C25H25ClN4O7. The second kappa shape index (κ2) is 9.66. The van der Waals surface area contributed by atoms with E-state index in [1.807, 2.05) is 13.0 Å². The molecule has 0 aliphatic carbocycles. The standard InChI is InChI=1S/C25H25ClN4O7/c1-4-7-33-20-11-16(10-19(26)27-20)22-28-21(30-37-22)14-5-6-17-15(8-14)9-18(36-17)25(29-23(31)32)12-34-24(2,3)35-13-25/h5-6,8-11,29H,4,7,12-13H2,1-3H3,(H,31,32). The Morgan fingerprint density at radius 3 is 2.65 bits per heavy atom. The zero-order valence-electron chi connectivity index (χ0n) is 20.4. The topological polar surface area (TPSA) is 142 Å². The number of ether oxygens (including phenoxy) is 3. The molecule has 1 aliphatic heterocycles. The summed E-state index contributed by atoms with van der Waals surface area (Å²) < 4.78 is 28.6. The van der Waals surface area contributed by atoms with Crippen LogP contribution < -0.4 is 10.1 Å². The highest BCUT2D eigenvalue weighted by molar-refractivity contribution is 6.29. The number of carboxylic acid groups (broad SMARTS) is 1. The largest absolute Gasteiger partial charge is 0.478 e. The number of hydrogen-bond acceptors (Lipinski definition) is 9. The first kappa shape index (κ1) is 25.0. The van der Waals surface area contributed by atoms with Gasteiger partial charge in [-0.2, -0.15) is 4.98 Å². The van der Waals surface area contributed by atoms with Gasteiger partial charge in [0.25, 0.3) is 5.89 Å². The number of halogens is 1. The number of nitrogens with one attached hydrogen (secondary N) is 1. The van der Waals surface area contributed by atoms with Crippen LogP contribution in [0.1, 0.15) is 33.0 Å². The Hall–Kier alpha value is -3.67. The first-order valence-electron chi connectivity index (χ1n) is 11.6. The van der Waals surface area contributed by atoms with Crippen molar-refractivity contribution >= 4 is 28.7 Å². The Morgan fingerprint density at radius 2 is 1.92 bits per heavy atom. The number of aromatic nitrogens is 3. The lowest BCUT2D eigenvalue weighted by Gasteiger charge is -2.41. The van der Waals surface area contributed by atoms with Crippen molar-refractivity contribution in [2.75, 3.05) is 19.8 Å². The molecule has 0 bridgehead atoms. The number of benzene rings is 1. The van der Waals surface area contributed by atoms with Crippen molar-refractivity contribution in [1.82, 2.24) is 20.4 Å². The molecule has 2 N–H and O–H groups in total. The Kier molecular flexibility index (Phi) is 6.52. The summed E-state index contributed by atoms with van der Waals surface area (Å²) in [4.78, 5) is 20.2. The Balaban J connectivity index is 1.44. The highest BCUT2D eigenvalue weighted by Gasteiger charge is 2.45. The van der Waals surface area contributed by atoms with Crippen LogP contribution in [0, 0.1) is 0 Å². The molecule has 4 aromatic rings. The highest BCUT2D eigenvalue weighted by atomic mass is 35.5. The molecule has 4 heterocycles. The van der Waals surface area contributed by atoms with E-state index in [-0.39, 0.29) is 24.3 Å². The van der Waals surface area contributed by atoms with E-state index in [4.69, 9.17) is 34.8 Å². The van der Waals surface area contributed by atoms with Crippen LogP contribution in [0.4, 0.5) is 4.79 Å². The maximum absolute atomic E-state index is 11.6. The summed E-state index contributed by atoms with van der Waals surface area (Å²) in [5.74, 6) is 0.531. The predicted octanol–water partition coefficient (Wildman–Crippen LogP) is 5.23. The Labute approximate surface area is 216 Å². The molecule has 11 nitrogen and oxygen atoms in total. The van der Waals surface area contributed by atoms with Gasteiger partial charge in [-0.15, -0.1) is 0 Å². The van der Waals surface area contributed by atoms with Gasteiger partial charge in [-0.1, -0.05) is 23.7 Å². The second-order valence-corrected chi connectivity index (χ2v) is 9.53. The van der Waals surface area contributed by atoms with Crippen molar-refractivity contribution in [1.29, 1.82) is 0 Å². The van der Waals surface area contributed by atoms with Crippen molar-refractivity contribution in [3.63, 3.8) is 0 Å². The molecule has 0 atom stereocenters. The number of fused-ring (bicyclic) bond motifs is 1. The molecule has 1 amide bonds. The SMILES string of the molecule is CCCOc1cc(-c2nc(-c3ccc4oc(C5(NC(=O)O)COC(C)(C)OC5)cc4c3)no2)cc(Cl)n1. The number of carbonyl (C=O) groups is 1. The molecular weight excluding hydrogens is 504 g/mol. The maximum Gasteiger partial charge on any atom is 0.405 e. The first-order valence-corrected chi connectivity index (χ1v) is 12.0. The molecule has 0 radical (unpaired) electrons. The smallest absolute Gasteiger partial charge is 0.405 e. The zero-order valence-corrected chi connectivity index (χ0v) is 21.2. The lowest BCUT2D eigenvalue weighted by molar-refractivity contribution is -0.274. The summed E-state index contributed by atoms with van der Waals surface area (Å²) >= 11 is 6.14. The minimum absolute atomic E-state index is 0.0473. The number of amides is 1. The number of nitrogens with zero attached hydrogens (tertiary/aromatic N) is 3. The van der Waals surface area contributed by atoms with Gasteiger partial charge in [0.1, 0.15) is 22.0 Å². The van der Waals surface area contributed by atoms with Gasteiger partial charge in [0.15, 0.2) is 5.79 Å². The van der Waals surface area contributed by atoms with E-state index < -0.39 is 17.4 Å².